The van der Waals surface area contributed by atoms with Gasteiger partial charge in [0.1, 0.15) is 16.8 Å². The molecule has 0 spiro atoms. The van der Waals surface area contributed by atoms with E-state index in [-0.39, 0.29) is 35.6 Å². The minimum absolute atomic E-state index is 0.0134. The summed E-state index contributed by atoms with van der Waals surface area (Å²) < 4.78 is 11.7. The zero-order valence-electron chi connectivity index (χ0n) is 15.7. The molecule has 0 N–H and O–H groups in total. The van der Waals surface area contributed by atoms with Crippen LogP contribution in [-0.4, -0.2) is 35.3 Å². The molecule has 0 bridgehead atoms. The second kappa shape index (κ2) is 8.68. The molecule has 3 rings (SSSR count). The Hall–Kier alpha value is -2.83. The largest absolute Gasteiger partial charge is 0.462 e. The van der Waals surface area contributed by atoms with Crippen LogP contribution in [0.25, 0.3) is 5.52 Å². The van der Waals surface area contributed by atoms with Gasteiger partial charge in [-0.2, -0.15) is 0 Å². The molecule has 6 nitrogen and oxygen atoms in total. The molecular weight excluding hydrogens is 417 g/mol. The third-order valence-electron chi connectivity index (χ3n) is 4.18. The summed E-state index contributed by atoms with van der Waals surface area (Å²) in [6, 6.07) is 9.26. The van der Waals surface area contributed by atoms with Crippen molar-refractivity contribution >= 4 is 46.4 Å². The summed E-state index contributed by atoms with van der Waals surface area (Å²) in [6.07, 6.45) is 1.52. The summed E-state index contributed by atoms with van der Waals surface area (Å²) in [5.41, 5.74) is 0.333. The fourth-order valence-corrected chi connectivity index (χ4v) is 3.29. The van der Waals surface area contributed by atoms with E-state index in [9.17, 15) is 14.4 Å². The van der Waals surface area contributed by atoms with Crippen LogP contribution in [0.3, 0.4) is 0 Å². The standard InChI is InChI=1S/C21H17Cl2NO5/c1-3-28-20(26)16-15-11-14(23)9-10-24(15)18(17(16)21(27)29-4-2)19(25)12-5-7-13(22)8-6-12/h5-11H,3-4H2,1-2H3. The lowest BCUT2D eigenvalue weighted by Crippen LogP contribution is -2.16. The quantitative estimate of drug-likeness (QED) is 0.411. The van der Waals surface area contributed by atoms with Gasteiger partial charge in [-0.25, -0.2) is 9.59 Å². The minimum atomic E-state index is -0.798. The van der Waals surface area contributed by atoms with Gasteiger partial charge >= 0.3 is 11.9 Å². The molecule has 0 aliphatic carbocycles. The molecule has 0 radical (unpaired) electrons. The summed E-state index contributed by atoms with van der Waals surface area (Å²) in [7, 11) is 0. The molecule has 0 saturated carbocycles. The molecule has 0 aliphatic heterocycles. The van der Waals surface area contributed by atoms with Gasteiger partial charge in [0.25, 0.3) is 0 Å². The molecule has 2 aromatic heterocycles. The molecule has 0 saturated heterocycles. The van der Waals surface area contributed by atoms with E-state index in [1.165, 1.54) is 16.7 Å². The van der Waals surface area contributed by atoms with Gasteiger partial charge in [0.2, 0.25) is 5.78 Å². The van der Waals surface area contributed by atoms with Gasteiger partial charge in [-0.3, -0.25) is 4.79 Å². The highest BCUT2D eigenvalue weighted by Gasteiger charge is 2.33. The van der Waals surface area contributed by atoms with Crippen molar-refractivity contribution in [2.75, 3.05) is 13.2 Å². The van der Waals surface area contributed by atoms with E-state index < -0.39 is 17.7 Å². The van der Waals surface area contributed by atoms with Crippen molar-refractivity contribution < 1.29 is 23.9 Å². The van der Waals surface area contributed by atoms with Gasteiger partial charge in [-0.15, -0.1) is 0 Å². The number of esters is 2. The number of carbonyl (C=O) groups excluding carboxylic acids is 3. The van der Waals surface area contributed by atoms with E-state index in [1.807, 2.05) is 0 Å². The SMILES string of the molecule is CCOC(=O)c1c(C(=O)OCC)c2cc(Cl)ccn2c1C(=O)c1ccc(Cl)cc1. The van der Waals surface area contributed by atoms with Crippen molar-refractivity contribution in [3.63, 3.8) is 0 Å². The highest BCUT2D eigenvalue weighted by atomic mass is 35.5. The third-order valence-corrected chi connectivity index (χ3v) is 4.67. The Balaban J connectivity index is 2.36. The number of carbonyl (C=O) groups is 3. The first-order chi connectivity index (χ1) is 13.9. The molecule has 2 heterocycles. The maximum absolute atomic E-state index is 13.3. The Morgan fingerprint density at radius 1 is 0.862 bits per heavy atom. The summed E-state index contributed by atoms with van der Waals surface area (Å²) in [5.74, 6) is -2.02. The van der Waals surface area contributed by atoms with Gasteiger partial charge in [0.15, 0.2) is 0 Å². The molecule has 3 aromatic rings. The van der Waals surface area contributed by atoms with E-state index in [0.29, 0.717) is 15.6 Å². The van der Waals surface area contributed by atoms with Crippen LogP contribution in [0.4, 0.5) is 0 Å². The Kier molecular flexibility index (Phi) is 6.25. The van der Waals surface area contributed by atoms with Crippen molar-refractivity contribution in [3.05, 3.63) is 75.0 Å². The predicted octanol–water partition coefficient (Wildman–Crippen LogP) is 4.83. The Bertz CT molecular complexity index is 1100. The smallest absolute Gasteiger partial charge is 0.341 e. The second-order valence-corrected chi connectivity index (χ2v) is 6.85. The lowest BCUT2D eigenvalue weighted by atomic mass is 10.0. The van der Waals surface area contributed by atoms with E-state index >= 15 is 0 Å². The number of rotatable bonds is 6. The molecular formula is C21H17Cl2NO5. The molecule has 0 amide bonds. The lowest BCUT2D eigenvalue weighted by molar-refractivity contribution is 0.0480. The van der Waals surface area contributed by atoms with Crippen molar-refractivity contribution in [1.82, 2.24) is 4.40 Å². The number of pyridine rings is 1. The first kappa shape index (κ1) is 20.9. The average molecular weight is 434 g/mol. The fraction of sp³-hybridized carbons (Fsp3) is 0.190. The van der Waals surface area contributed by atoms with E-state index in [4.69, 9.17) is 32.7 Å². The van der Waals surface area contributed by atoms with Crippen molar-refractivity contribution in [2.45, 2.75) is 13.8 Å². The van der Waals surface area contributed by atoms with Crippen molar-refractivity contribution in [3.8, 4) is 0 Å². The number of hydrogen-bond donors (Lipinski definition) is 0. The zero-order valence-corrected chi connectivity index (χ0v) is 17.2. The number of halogens is 2. The first-order valence-corrected chi connectivity index (χ1v) is 9.62. The molecule has 0 aliphatic rings. The van der Waals surface area contributed by atoms with E-state index in [2.05, 4.69) is 0 Å². The van der Waals surface area contributed by atoms with Gasteiger partial charge < -0.3 is 13.9 Å². The zero-order chi connectivity index (χ0) is 21.1. The third kappa shape index (κ3) is 3.99. The number of ether oxygens (including phenoxy) is 2. The van der Waals surface area contributed by atoms with Crippen LogP contribution in [0.1, 0.15) is 50.6 Å². The van der Waals surface area contributed by atoms with Crippen molar-refractivity contribution in [2.24, 2.45) is 0 Å². The van der Waals surface area contributed by atoms with Crippen LogP contribution in [0.5, 0.6) is 0 Å². The van der Waals surface area contributed by atoms with E-state index in [0.717, 1.165) is 0 Å². The number of fused-ring (bicyclic) bond motifs is 1. The minimum Gasteiger partial charge on any atom is -0.462 e. The van der Waals surface area contributed by atoms with Gasteiger partial charge in [0, 0.05) is 21.8 Å². The molecule has 8 heteroatoms. The predicted molar refractivity (Wildman–Crippen MR) is 109 cm³/mol. The molecule has 0 unspecified atom stereocenters. The number of nitrogens with zero attached hydrogens (tertiary/aromatic N) is 1. The van der Waals surface area contributed by atoms with Gasteiger partial charge in [-0.05, 0) is 50.2 Å². The fourth-order valence-electron chi connectivity index (χ4n) is 3.00. The maximum Gasteiger partial charge on any atom is 0.341 e. The van der Waals surface area contributed by atoms with Crippen molar-refractivity contribution in [1.29, 1.82) is 0 Å². The second-order valence-electron chi connectivity index (χ2n) is 5.98. The van der Waals surface area contributed by atoms with E-state index in [1.54, 1.807) is 44.2 Å². The summed E-state index contributed by atoms with van der Waals surface area (Å²) in [4.78, 5) is 38.8. The van der Waals surface area contributed by atoms with Gasteiger partial charge in [-0.1, -0.05) is 23.2 Å². The number of benzene rings is 1. The van der Waals surface area contributed by atoms with Crippen LogP contribution >= 0.6 is 23.2 Å². The topological polar surface area (TPSA) is 74.1 Å². The molecule has 1 aromatic carbocycles. The molecule has 29 heavy (non-hydrogen) atoms. The van der Waals surface area contributed by atoms with Crippen LogP contribution in [0.2, 0.25) is 10.0 Å². The highest BCUT2D eigenvalue weighted by molar-refractivity contribution is 6.31. The number of ketones is 1. The number of aromatic nitrogens is 1. The summed E-state index contributed by atoms with van der Waals surface area (Å²) in [5, 5.41) is 0.799. The van der Waals surface area contributed by atoms with Crippen LogP contribution in [0.15, 0.2) is 42.6 Å². The lowest BCUT2D eigenvalue weighted by Gasteiger charge is -2.07. The van der Waals surface area contributed by atoms with Crippen LogP contribution < -0.4 is 0 Å². The monoisotopic (exact) mass is 433 g/mol. The Morgan fingerprint density at radius 3 is 2.03 bits per heavy atom. The first-order valence-electron chi connectivity index (χ1n) is 8.87. The Labute approximate surface area is 176 Å². The number of hydrogen-bond acceptors (Lipinski definition) is 5. The maximum atomic E-state index is 13.3. The van der Waals surface area contributed by atoms with Crippen LogP contribution in [-0.2, 0) is 9.47 Å². The Morgan fingerprint density at radius 2 is 1.45 bits per heavy atom. The summed E-state index contributed by atoms with van der Waals surface area (Å²) in [6.45, 7) is 3.45. The van der Waals surface area contributed by atoms with Crippen LogP contribution in [0, 0.1) is 0 Å². The molecule has 150 valence electrons. The normalized spacial score (nSPS) is 10.8. The average Bonchev–Trinajstić information content (AvgIpc) is 3.02. The van der Waals surface area contributed by atoms with Gasteiger partial charge in [0.05, 0.1) is 18.7 Å². The summed E-state index contributed by atoms with van der Waals surface area (Å²) >= 11 is 12.0. The molecule has 0 atom stereocenters. The highest BCUT2D eigenvalue weighted by Crippen LogP contribution is 2.30. The molecule has 0 fully saturated rings.